The number of nitrogens with zero attached hydrogens (tertiary/aromatic N) is 3. The zero-order valence-corrected chi connectivity index (χ0v) is 29.6. The minimum atomic E-state index is -0.220. The van der Waals surface area contributed by atoms with E-state index in [2.05, 4.69) is 59.5 Å². The molecule has 12 nitrogen and oxygen atoms in total. The quantitative estimate of drug-likeness (QED) is 0.165. The number of amides is 3. The van der Waals surface area contributed by atoms with Gasteiger partial charge in [0, 0.05) is 32.3 Å². The Bertz CT molecular complexity index is 1070. The standard InChI is InChI=1S/C36H60N4O8/c1-38(2)36(32-10-5-4-6-11-32)14-12-35(13-15-36)30-39(34(42)40(35)28-31-8-7-9-31)29-33(41)37-16-17-44-20-21-46-24-25-48-27-26-47-23-22-45-19-18-43-3/h4-6,10-11,31H,7-9,12-30H2,1-3H3,(H,37,41). The van der Waals surface area contributed by atoms with Crippen molar-refractivity contribution < 1.29 is 38.0 Å². The van der Waals surface area contributed by atoms with Crippen molar-refractivity contribution in [3.05, 3.63) is 35.9 Å². The summed E-state index contributed by atoms with van der Waals surface area (Å²) in [4.78, 5) is 33.0. The number of carbonyl (C=O) groups excluding carboxylic acids is 2. The maximum atomic E-state index is 13.8. The third-order valence-electron chi connectivity index (χ3n) is 10.2. The molecule has 4 rings (SSSR count). The molecule has 0 atom stereocenters. The van der Waals surface area contributed by atoms with E-state index in [9.17, 15) is 9.59 Å². The lowest BCUT2D eigenvalue weighted by Gasteiger charge is -2.51. The summed E-state index contributed by atoms with van der Waals surface area (Å²) in [5, 5.41) is 2.93. The molecule has 48 heavy (non-hydrogen) atoms. The zero-order chi connectivity index (χ0) is 34.1. The fourth-order valence-electron chi connectivity index (χ4n) is 7.13. The molecule has 3 aliphatic rings. The van der Waals surface area contributed by atoms with Crippen LogP contribution in [-0.4, -0.2) is 152 Å². The second-order valence-electron chi connectivity index (χ2n) is 13.5. The predicted octanol–water partition coefficient (Wildman–Crippen LogP) is 3.14. The highest BCUT2D eigenvalue weighted by Crippen LogP contribution is 2.49. The molecule has 0 bridgehead atoms. The van der Waals surface area contributed by atoms with Crippen molar-refractivity contribution in [1.29, 1.82) is 0 Å². The van der Waals surface area contributed by atoms with Crippen LogP contribution >= 0.6 is 0 Å². The first kappa shape index (κ1) is 38.5. The van der Waals surface area contributed by atoms with Crippen molar-refractivity contribution in [2.24, 2.45) is 5.92 Å². The van der Waals surface area contributed by atoms with Gasteiger partial charge in [-0.15, -0.1) is 0 Å². The Morgan fingerprint density at radius 2 is 1.35 bits per heavy atom. The van der Waals surface area contributed by atoms with Gasteiger partial charge in [0.05, 0.1) is 78.2 Å². The Morgan fingerprint density at radius 3 is 1.85 bits per heavy atom. The molecule has 1 spiro atoms. The van der Waals surface area contributed by atoms with E-state index in [4.69, 9.17) is 28.4 Å². The van der Waals surface area contributed by atoms with Gasteiger partial charge < -0.3 is 43.5 Å². The first-order valence-electron chi connectivity index (χ1n) is 17.8. The van der Waals surface area contributed by atoms with Gasteiger partial charge in [-0.2, -0.15) is 0 Å². The van der Waals surface area contributed by atoms with E-state index in [0.29, 0.717) is 91.7 Å². The van der Waals surface area contributed by atoms with Crippen molar-refractivity contribution in [2.45, 2.75) is 56.0 Å². The summed E-state index contributed by atoms with van der Waals surface area (Å²) in [6.07, 6.45) is 7.44. The van der Waals surface area contributed by atoms with Gasteiger partial charge in [0.2, 0.25) is 5.91 Å². The molecule has 0 radical (unpaired) electrons. The van der Waals surface area contributed by atoms with E-state index in [1.165, 1.54) is 24.8 Å². The van der Waals surface area contributed by atoms with E-state index in [1.807, 2.05) is 0 Å². The number of hydrogen-bond donors (Lipinski definition) is 1. The van der Waals surface area contributed by atoms with Crippen LogP contribution in [0, 0.1) is 5.92 Å². The molecule has 272 valence electrons. The highest BCUT2D eigenvalue weighted by Gasteiger charge is 2.55. The van der Waals surface area contributed by atoms with Crippen LogP contribution in [0.1, 0.15) is 50.5 Å². The van der Waals surface area contributed by atoms with Gasteiger partial charge in [-0.1, -0.05) is 36.8 Å². The average Bonchev–Trinajstić information content (AvgIpc) is 3.31. The summed E-state index contributed by atoms with van der Waals surface area (Å²) >= 11 is 0. The molecule has 3 fully saturated rings. The average molecular weight is 677 g/mol. The molecule has 1 N–H and O–H groups in total. The van der Waals surface area contributed by atoms with Crippen molar-refractivity contribution in [2.75, 3.05) is 120 Å². The fourth-order valence-corrected chi connectivity index (χ4v) is 7.13. The van der Waals surface area contributed by atoms with Crippen molar-refractivity contribution in [3.8, 4) is 0 Å². The second kappa shape index (κ2) is 20.4. The Labute approximate surface area is 287 Å². The fraction of sp³-hybridized carbons (Fsp3) is 0.778. The number of carbonyl (C=O) groups is 2. The maximum Gasteiger partial charge on any atom is 0.321 e. The third-order valence-corrected chi connectivity index (χ3v) is 10.2. The Kier molecular flexibility index (Phi) is 16.3. The van der Waals surface area contributed by atoms with Gasteiger partial charge >= 0.3 is 6.03 Å². The minimum Gasteiger partial charge on any atom is -0.382 e. The summed E-state index contributed by atoms with van der Waals surface area (Å²) in [7, 11) is 5.99. The first-order chi connectivity index (χ1) is 23.4. The lowest BCUT2D eigenvalue weighted by atomic mass is 9.68. The number of ether oxygens (including phenoxy) is 6. The van der Waals surface area contributed by atoms with Gasteiger partial charge in [0.25, 0.3) is 0 Å². The molecule has 1 aromatic rings. The largest absolute Gasteiger partial charge is 0.382 e. The molecule has 0 aromatic heterocycles. The number of benzene rings is 1. The van der Waals surface area contributed by atoms with E-state index >= 15 is 0 Å². The number of methoxy groups -OCH3 is 1. The maximum absolute atomic E-state index is 13.8. The van der Waals surface area contributed by atoms with E-state index in [1.54, 1.807) is 12.0 Å². The van der Waals surface area contributed by atoms with Gasteiger partial charge in [-0.3, -0.25) is 9.69 Å². The van der Waals surface area contributed by atoms with Crippen LogP contribution in [0.15, 0.2) is 30.3 Å². The normalized spacial score (nSPS) is 23.0. The highest BCUT2D eigenvalue weighted by atomic mass is 16.6. The van der Waals surface area contributed by atoms with E-state index in [-0.39, 0.29) is 29.6 Å². The first-order valence-corrected chi connectivity index (χ1v) is 17.8. The van der Waals surface area contributed by atoms with Gasteiger partial charge in [0.1, 0.15) is 6.54 Å². The molecule has 1 saturated heterocycles. The molecule has 0 unspecified atom stereocenters. The predicted molar refractivity (Wildman–Crippen MR) is 183 cm³/mol. The smallest absolute Gasteiger partial charge is 0.321 e. The molecule has 1 aromatic carbocycles. The van der Waals surface area contributed by atoms with Crippen LogP contribution in [0.2, 0.25) is 0 Å². The topological polar surface area (TPSA) is 111 Å². The summed E-state index contributed by atoms with van der Waals surface area (Å²) in [5.74, 6) is 0.427. The minimum absolute atomic E-state index is 0.0161. The second-order valence-corrected chi connectivity index (χ2v) is 13.5. The van der Waals surface area contributed by atoms with Gasteiger partial charge in [-0.05, 0) is 64.1 Å². The molecule has 2 aliphatic carbocycles. The third kappa shape index (κ3) is 11.1. The Hall–Kier alpha value is -2.32. The molecule has 1 heterocycles. The van der Waals surface area contributed by atoms with Crippen LogP contribution in [0.4, 0.5) is 4.79 Å². The molecule has 1 aliphatic heterocycles. The molecular formula is C36H60N4O8. The number of nitrogens with one attached hydrogen (secondary N) is 1. The van der Waals surface area contributed by atoms with Gasteiger partial charge in [-0.25, -0.2) is 4.79 Å². The van der Waals surface area contributed by atoms with Crippen LogP contribution in [0.5, 0.6) is 0 Å². The zero-order valence-electron chi connectivity index (χ0n) is 29.6. The lowest BCUT2D eigenvalue weighted by molar-refractivity contribution is -0.121. The van der Waals surface area contributed by atoms with Crippen LogP contribution in [0.3, 0.4) is 0 Å². The number of hydrogen-bond acceptors (Lipinski definition) is 9. The Balaban J connectivity index is 1.10. The van der Waals surface area contributed by atoms with Crippen LogP contribution in [0.25, 0.3) is 0 Å². The lowest BCUT2D eigenvalue weighted by Crippen LogP contribution is -2.56. The van der Waals surface area contributed by atoms with Crippen molar-refractivity contribution in [3.63, 3.8) is 0 Å². The summed E-state index contributed by atoms with van der Waals surface area (Å²) < 4.78 is 32.3. The van der Waals surface area contributed by atoms with Crippen LogP contribution < -0.4 is 5.32 Å². The summed E-state index contributed by atoms with van der Waals surface area (Å²) in [5.41, 5.74) is 1.08. The molecule has 3 amide bonds. The Morgan fingerprint density at radius 1 is 0.812 bits per heavy atom. The number of rotatable bonds is 24. The van der Waals surface area contributed by atoms with Crippen LogP contribution in [-0.2, 0) is 38.8 Å². The van der Waals surface area contributed by atoms with E-state index in [0.717, 1.165) is 32.2 Å². The van der Waals surface area contributed by atoms with Crippen molar-refractivity contribution >= 4 is 11.9 Å². The van der Waals surface area contributed by atoms with Gasteiger partial charge in [0.15, 0.2) is 0 Å². The SMILES string of the molecule is COCCOCCOCCOCCOCCOCCNC(=O)CN1CC2(CCC(c3ccccc3)(N(C)C)CC2)N(CC2CCC2)C1=O. The monoisotopic (exact) mass is 676 g/mol. The molecule has 2 saturated carbocycles. The number of urea groups is 1. The van der Waals surface area contributed by atoms with Crippen molar-refractivity contribution in [1.82, 2.24) is 20.0 Å². The summed E-state index contributed by atoms with van der Waals surface area (Å²) in [6, 6.07) is 10.8. The van der Waals surface area contributed by atoms with E-state index < -0.39 is 0 Å². The highest BCUT2D eigenvalue weighted by molar-refractivity contribution is 5.86. The molecular weight excluding hydrogens is 616 g/mol. The molecule has 12 heteroatoms. The summed E-state index contributed by atoms with van der Waals surface area (Å²) in [6.45, 7) is 7.37.